The Morgan fingerprint density at radius 2 is 1.69 bits per heavy atom. The number of carbonyl (C=O) groups is 2. The second kappa shape index (κ2) is 9.26. The smallest absolute Gasteiger partial charge is 0.433 e. The van der Waals surface area contributed by atoms with Crippen molar-refractivity contribution in [3.8, 4) is 17.0 Å². The fourth-order valence-corrected chi connectivity index (χ4v) is 3.55. The van der Waals surface area contributed by atoms with Gasteiger partial charge >= 0.3 is 6.18 Å². The first-order valence-corrected chi connectivity index (χ1v) is 10.4. The fraction of sp³-hybridized carbons (Fsp3) is 0.130. The van der Waals surface area contributed by atoms with Crippen molar-refractivity contribution >= 4 is 40.4 Å². The highest BCUT2D eigenvalue weighted by atomic mass is 35.5. The number of hydrogen-bond donors (Lipinski definition) is 2. The topological polar surface area (TPSA) is 97.6 Å². The molecule has 2 aromatic heterocycles. The van der Waals surface area contributed by atoms with Gasteiger partial charge < -0.3 is 15.4 Å². The molecule has 0 fully saturated rings. The first-order chi connectivity index (χ1) is 16.6. The van der Waals surface area contributed by atoms with E-state index in [4.69, 9.17) is 16.3 Å². The van der Waals surface area contributed by atoms with E-state index in [2.05, 4.69) is 20.7 Å². The van der Waals surface area contributed by atoms with Crippen molar-refractivity contribution < 1.29 is 27.5 Å². The van der Waals surface area contributed by atoms with Crippen LogP contribution in [0.2, 0.25) is 5.02 Å². The first-order valence-electron chi connectivity index (χ1n) is 10.1. The summed E-state index contributed by atoms with van der Waals surface area (Å²) in [5, 5.41) is 8.57. The Morgan fingerprint density at radius 3 is 2.29 bits per heavy atom. The molecule has 0 aliphatic rings. The summed E-state index contributed by atoms with van der Waals surface area (Å²) < 4.78 is 47.3. The maximum atomic E-state index is 13.9. The van der Waals surface area contributed by atoms with Crippen LogP contribution in [0.1, 0.15) is 23.1 Å². The molecule has 4 rings (SSSR count). The number of fused-ring (bicyclic) bond motifs is 1. The first kappa shape index (κ1) is 24.0. The summed E-state index contributed by atoms with van der Waals surface area (Å²) in [4.78, 5) is 28.2. The molecule has 2 aromatic carbocycles. The number of aromatic nitrogens is 3. The average molecular weight is 504 g/mol. The van der Waals surface area contributed by atoms with Gasteiger partial charge in [-0.25, -0.2) is 9.50 Å². The maximum absolute atomic E-state index is 13.9. The third-order valence-electron chi connectivity index (χ3n) is 4.87. The van der Waals surface area contributed by atoms with E-state index in [1.165, 1.54) is 32.2 Å². The number of nitrogens with one attached hydrogen (secondary N) is 2. The number of anilines is 2. The Labute approximate surface area is 201 Å². The lowest BCUT2D eigenvalue weighted by molar-refractivity contribution is -0.142. The number of rotatable bonds is 5. The molecule has 12 heteroatoms. The van der Waals surface area contributed by atoms with Gasteiger partial charge in [-0.3, -0.25) is 9.59 Å². The number of carbonyl (C=O) groups excluding carboxylic acids is 2. The van der Waals surface area contributed by atoms with Crippen LogP contribution in [-0.4, -0.2) is 33.5 Å². The van der Waals surface area contributed by atoms with Crippen LogP contribution in [0, 0.1) is 0 Å². The Balaban J connectivity index is 1.75. The van der Waals surface area contributed by atoms with Gasteiger partial charge in [0, 0.05) is 23.9 Å². The predicted molar refractivity (Wildman–Crippen MR) is 124 cm³/mol. The largest absolute Gasteiger partial charge is 0.497 e. The van der Waals surface area contributed by atoms with E-state index in [1.807, 2.05) is 0 Å². The monoisotopic (exact) mass is 503 g/mol. The standard InChI is InChI=1S/C23H17ClF3N5O3/c1-12(33)28-14-6-8-15(9-7-14)29-22(34)20-19(24)21-30-17(13-4-3-5-16(10-13)35-2)11-18(23(25,26)27)32(21)31-20/h3-11H,1-2H3,(H,28,33)(H,29,34). The Bertz CT molecular complexity index is 1440. The lowest BCUT2D eigenvalue weighted by atomic mass is 10.1. The van der Waals surface area contributed by atoms with E-state index in [0.717, 1.165) is 6.07 Å². The normalized spacial score (nSPS) is 11.4. The van der Waals surface area contributed by atoms with Gasteiger partial charge in [-0.2, -0.15) is 18.3 Å². The quantitative estimate of drug-likeness (QED) is 0.386. The highest BCUT2D eigenvalue weighted by Crippen LogP contribution is 2.35. The molecule has 0 aliphatic heterocycles. The van der Waals surface area contributed by atoms with E-state index in [9.17, 15) is 22.8 Å². The Morgan fingerprint density at radius 1 is 1.03 bits per heavy atom. The summed E-state index contributed by atoms with van der Waals surface area (Å²) >= 11 is 6.29. The minimum atomic E-state index is -4.81. The zero-order chi connectivity index (χ0) is 25.3. The number of nitrogens with zero attached hydrogens (tertiary/aromatic N) is 3. The SMILES string of the molecule is COc1cccc(-c2cc(C(F)(F)F)n3nc(C(=O)Nc4ccc(NC(C)=O)cc4)c(Cl)c3n2)c1. The molecule has 2 heterocycles. The number of methoxy groups -OCH3 is 1. The third kappa shape index (κ3) is 5.04. The summed E-state index contributed by atoms with van der Waals surface area (Å²) in [5.41, 5.74) is -0.751. The van der Waals surface area contributed by atoms with Crippen LogP contribution in [0.25, 0.3) is 16.9 Å². The Hall–Kier alpha value is -4.12. The van der Waals surface area contributed by atoms with Crippen molar-refractivity contribution in [3.63, 3.8) is 0 Å². The molecule has 0 spiro atoms. The Kier molecular flexibility index (Phi) is 6.35. The lowest BCUT2D eigenvalue weighted by Crippen LogP contribution is -2.16. The van der Waals surface area contributed by atoms with Crippen molar-refractivity contribution in [1.82, 2.24) is 14.6 Å². The van der Waals surface area contributed by atoms with Gasteiger partial charge in [0.25, 0.3) is 5.91 Å². The lowest BCUT2D eigenvalue weighted by Gasteiger charge is -2.11. The van der Waals surface area contributed by atoms with E-state index >= 15 is 0 Å². The van der Waals surface area contributed by atoms with Gasteiger partial charge in [-0.05, 0) is 42.5 Å². The molecule has 0 saturated carbocycles. The maximum Gasteiger partial charge on any atom is 0.433 e. The summed E-state index contributed by atoms with van der Waals surface area (Å²) in [6.45, 7) is 1.35. The van der Waals surface area contributed by atoms with E-state index in [1.54, 1.807) is 30.3 Å². The summed E-state index contributed by atoms with van der Waals surface area (Å²) in [6, 6.07) is 13.3. The third-order valence-corrected chi connectivity index (χ3v) is 5.22. The molecular formula is C23H17ClF3N5O3. The molecule has 0 saturated heterocycles. The number of hydrogen-bond acceptors (Lipinski definition) is 5. The molecule has 0 radical (unpaired) electrons. The minimum Gasteiger partial charge on any atom is -0.497 e. The van der Waals surface area contributed by atoms with Crippen LogP contribution in [-0.2, 0) is 11.0 Å². The van der Waals surface area contributed by atoms with E-state index in [-0.39, 0.29) is 22.3 Å². The molecule has 8 nitrogen and oxygen atoms in total. The summed E-state index contributed by atoms with van der Waals surface area (Å²) in [6.07, 6.45) is -4.81. The molecular weight excluding hydrogens is 487 g/mol. The molecule has 35 heavy (non-hydrogen) atoms. The molecule has 0 bridgehead atoms. The van der Waals surface area contributed by atoms with Crippen molar-refractivity contribution in [1.29, 1.82) is 0 Å². The highest BCUT2D eigenvalue weighted by molar-refractivity contribution is 6.37. The fourth-order valence-electron chi connectivity index (χ4n) is 3.30. The van der Waals surface area contributed by atoms with Crippen LogP contribution in [0.5, 0.6) is 5.75 Å². The number of ether oxygens (including phenoxy) is 1. The van der Waals surface area contributed by atoms with Crippen LogP contribution in [0.4, 0.5) is 24.5 Å². The van der Waals surface area contributed by atoms with Crippen molar-refractivity contribution in [2.24, 2.45) is 0 Å². The van der Waals surface area contributed by atoms with Crippen LogP contribution < -0.4 is 15.4 Å². The molecule has 0 unspecified atom stereocenters. The number of amides is 2. The predicted octanol–water partition coefficient (Wildman–Crippen LogP) is 5.29. The van der Waals surface area contributed by atoms with Gasteiger partial charge in [0.1, 0.15) is 10.8 Å². The number of benzene rings is 2. The minimum absolute atomic E-state index is 0.0222. The number of halogens is 4. The van der Waals surface area contributed by atoms with Gasteiger partial charge in [0.05, 0.1) is 12.8 Å². The van der Waals surface area contributed by atoms with E-state index < -0.39 is 23.5 Å². The van der Waals surface area contributed by atoms with Gasteiger partial charge in [0.15, 0.2) is 17.0 Å². The van der Waals surface area contributed by atoms with Crippen molar-refractivity contribution in [2.75, 3.05) is 17.7 Å². The van der Waals surface area contributed by atoms with Crippen LogP contribution >= 0.6 is 11.6 Å². The van der Waals surface area contributed by atoms with Crippen LogP contribution in [0.3, 0.4) is 0 Å². The highest BCUT2D eigenvalue weighted by Gasteiger charge is 2.36. The molecule has 180 valence electrons. The molecule has 0 atom stereocenters. The zero-order valence-corrected chi connectivity index (χ0v) is 19.0. The van der Waals surface area contributed by atoms with Gasteiger partial charge in [0.2, 0.25) is 5.91 Å². The van der Waals surface area contributed by atoms with Gasteiger partial charge in [-0.15, -0.1) is 0 Å². The van der Waals surface area contributed by atoms with E-state index in [0.29, 0.717) is 27.2 Å². The van der Waals surface area contributed by atoms with Crippen molar-refractivity contribution in [2.45, 2.75) is 13.1 Å². The second-order valence-corrected chi connectivity index (χ2v) is 7.74. The second-order valence-electron chi connectivity index (χ2n) is 7.37. The average Bonchev–Trinajstić information content (AvgIpc) is 3.15. The van der Waals surface area contributed by atoms with Gasteiger partial charge in [-0.1, -0.05) is 23.7 Å². The van der Waals surface area contributed by atoms with Crippen LogP contribution in [0.15, 0.2) is 54.6 Å². The summed E-state index contributed by atoms with van der Waals surface area (Å²) in [5.74, 6) is -0.662. The molecule has 0 aliphatic carbocycles. The summed E-state index contributed by atoms with van der Waals surface area (Å²) in [7, 11) is 1.43. The molecule has 4 aromatic rings. The molecule has 2 N–H and O–H groups in total. The van der Waals surface area contributed by atoms with Crippen molar-refractivity contribution in [3.05, 3.63) is 71.0 Å². The number of alkyl halides is 3. The zero-order valence-electron chi connectivity index (χ0n) is 18.3. The molecule has 2 amide bonds.